The number of halogens is 1. The molecular formula is C22H23FN2O6S. The van der Waals surface area contributed by atoms with Crippen molar-refractivity contribution < 1.29 is 31.9 Å². The van der Waals surface area contributed by atoms with Crippen molar-refractivity contribution in [3.8, 4) is 11.5 Å². The van der Waals surface area contributed by atoms with Crippen LogP contribution in [0.4, 0.5) is 4.39 Å². The van der Waals surface area contributed by atoms with Crippen molar-refractivity contribution in [2.75, 3.05) is 20.3 Å². The number of hydrogen-bond donors (Lipinski definition) is 1. The summed E-state index contributed by atoms with van der Waals surface area (Å²) in [6.07, 6.45) is 0. The number of methoxy groups -OCH3 is 1. The number of amides is 2. The van der Waals surface area contributed by atoms with E-state index in [0.717, 1.165) is 12.1 Å². The lowest BCUT2D eigenvalue weighted by Gasteiger charge is -2.17. The van der Waals surface area contributed by atoms with Crippen molar-refractivity contribution in [1.82, 2.24) is 9.62 Å². The topological polar surface area (TPSA) is 102 Å². The molecule has 0 fully saturated rings. The SMILES string of the molecule is CCOc1ccc(CNC(=O)CN2C(=O)C(C)=C(c3ccc(F)cc3)S2(=O)=O)cc1OC. The fourth-order valence-corrected chi connectivity index (χ4v) is 5.08. The van der Waals surface area contributed by atoms with E-state index >= 15 is 0 Å². The Kier molecular flexibility index (Phi) is 6.83. The number of carbonyl (C=O) groups excluding carboxylic acids is 2. The van der Waals surface area contributed by atoms with Crippen LogP contribution in [0.25, 0.3) is 4.91 Å². The molecule has 1 aliphatic heterocycles. The summed E-state index contributed by atoms with van der Waals surface area (Å²) in [6.45, 7) is 3.11. The van der Waals surface area contributed by atoms with E-state index in [2.05, 4.69) is 5.32 Å². The molecule has 0 saturated carbocycles. The van der Waals surface area contributed by atoms with Crippen molar-refractivity contribution in [3.63, 3.8) is 0 Å². The number of benzene rings is 2. The Morgan fingerprint density at radius 3 is 2.44 bits per heavy atom. The Morgan fingerprint density at radius 1 is 1.12 bits per heavy atom. The smallest absolute Gasteiger partial charge is 0.268 e. The molecule has 0 unspecified atom stereocenters. The first kappa shape index (κ1) is 23.3. The molecule has 0 spiro atoms. The maximum atomic E-state index is 13.2. The van der Waals surface area contributed by atoms with Crippen LogP contribution in [0, 0.1) is 5.82 Å². The molecule has 10 heteroatoms. The van der Waals surface area contributed by atoms with E-state index in [9.17, 15) is 22.4 Å². The van der Waals surface area contributed by atoms with Gasteiger partial charge in [0.25, 0.3) is 15.9 Å². The number of carbonyl (C=O) groups is 2. The van der Waals surface area contributed by atoms with E-state index in [-0.39, 0.29) is 22.6 Å². The summed E-state index contributed by atoms with van der Waals surface area (Å²) in [5.41, 5.74) is 0.859. The molecule has 0 bridgehead atoms. The average Bonchev–Trinajstić information content (AvgIpc) is 2.93. The molecule has 3 rings (SSSR count). The lowest BCUT2D eigenvalue weighted by atomic mass is 10.1. The van der Waals surface area contributed by atoms with Crippen LogP contribution in [0.15, 0.2) is 48.0 Å². The van der Waals surface area contributed by atoms with Gasteiger partial charge in [0, 0.05) is 12.1 Å². The molecule has 170 valence electrons. The van der Waals surface area contributed by atoms with Gasteiger partial charge in [-0.15, -0.1) is 0 Å². The number of hydrogen-bond acceptors (Lipinski definition) is 6. The molecule has 1 N–H and O–H groups in total. The van der Waals surface area contributed by atoms with Crippen LogP contribution in [0.2, 0.25) is 0 Å². The summed E-state index contributed by atoms with van der Waals surface area (Å²) in [5.74, 6) is -0.908. The molecule has 0 saturated heterocycles. The van der Waals surface area contributed by atoms with Crippen molar-refractivity contribution in [2.24, 2.45) is 0 Å². The van der Waals surface area contributed by atoms with E-state index in [1.54, 1.807) is 18.2 Å². The van der Waals surface area contributed by atoms with Crippen LogP contribution in [-0.4, -0.2) is 44.8 Å². The van der Waals surface area contributed by atoms with Gasteiger partial charge in [-0.05, 0) is 49.2 Å². The third-order valence-electron chi connectivity index (χ3n) is 4.85. The van der Waals surface area contributed by atoms with Crippen molar-refractivity contribution >= 4 is 26.7 Å². The monoisotopic (exact) mass is 462 g/mol. The number of sulfonamides is 1. The maximum absolute atomic E-state index is 13.2. The van der Waals surface area contributed by atoms with Gasteiger partial charge in [0.05, 0.1) is 13.7 Å². The number of rotatable bonds is 8. The highest BCUT2D eigenvalue weighted by atomic mass is 32.2. The fourth-order valence-electron chi connectivity index (χ4n) is 3.30. The molecule has 8 nitrogen and oxygen atoms in total. The molecule has 1 heterocycles. The van der Waals surface area contributed by atoms with Gasteiger partial charge in [-0.25, -0.2) is 17.1 Å². The van der Waals surface area contributed by atoms with E-state index in [1.165, 1.54) is 26.2 Å². The van der Waals surface area contributed by atoms with E-state index in [4.69, 9.17) is 9.47 Å². The van der Waals surface area contributed by atoms with Crippen LogP contribution < -0.4 is 14.8 Å². The quantitative estimate of drug-likeness (QED) is 0.647. The van der Waals surface area contributed by atoms with E-state index in [1.807, 2.05) is 6.92 Å². The largest absolute Gasteiger partial charge is 0.493 e. The fraction of sp³-hybridized carbons (Fsp3) is 0.273. The number of nitrogens with one attached hydrogen (secondary N) is 1. The lowest BCUT2D eigenvalue weighted by molar-refractivity contribution is -0.128. The van der Waals surface area contributed by atoms with Gasteiger partial charge in [-0.2, -0.15) is 0 Å². The van der Waals surface area contributed by atoms with Crippen LogP contribution in [0.5, 0.6) is 11.5 Å². The second-order valence-electron chi connectivity index (χ2n) is 6.97. The minimum Gasteiger partial charge on any atom is -0.493 e. The Balaban J connectivity index is 1.70. The minimum absolute atomic E-state index is 0.0272. The highest BCUT2D eigenvalue weighted by Crippen LogP contribution is 2.35. The average molecular weight is 462 g/mol. The summed E-state index contributed by atoms with van der Waals surface area (Å²) in [7, 11) is -2.75. The van der Waals surface area contributed by atoms with Crippen LogP contribution >= 0.6 is 0 Å². The van der Waals surface area contributed by atoms with Crippen molar-refractivity contribution in [3.05, 3.63) is 65.0 Å². The third kappa shape index (κ3) is 4.59. The summed E-state index contributed by atoms with van der Waals surface area (Å²) >= 11 is 0. The Morgan fingerprint density at radius 2 is 1.81 bits per heavy atom. The zero-order valence-electron chi connectivity index (χ0n) is 17.8. The molecule has 0 radical (unpaired) electrons. The molecule has 32 heavy (non-hydrogen) atoms. The molecule has 0 aliphatic carbocycles. The van der Waals surface area contributed by atoms with Gasteiger partial charge in [-0.3, -0.25) is 9.59 Å². The zero-order valence-corrected chi connectivity index (χ0v) is 18.7. The summed E-state index contributed by atoms with van der Waals surface area (Å²) in [5, 5.41) is 2.60. The van der Waals surface area contributed by atoms with Crippen LogP contribution in [0.3, 0.4) is 0 Å². The Labute approximate surface area is 185 Å². The van der Waals surface area contributed by atoms with Gasteiger partial charge in [-0.1, -0.05) is 18.2 Å². The zero-order chi connectivity index (χ0) is 23.5. The number of nitrogens with zero attached hydrogens (tertiary/aromatic N) is 1. The molecule has 0 atom stereocenters. The predicted molar refractivity (Wildman–Crippen MR) is 116 cm³/mol. The van der Waals surface area contributed by atoms with Gasteiger partial charge in [0.1, 0.15) is 17.3 Å². The molecule has 1 aliphatic rings. The normalized spacial score (nSPS) is 15.1. The summed E-state index contributed by atoms with van der Waals surface area (Å²) in [6, 6.07) is 9.92. The third-order valence-corrected chi connectivity index (χ3v) is 6.78. The number of ether oxygens (including phenoxy) is 2. The summed E-state index contributed by atoms with van der Waals surface area (Å²) < 4.78 is 50.3. The van der Waals surface area contributed by atoms with Crippen molar-refractivity contribution in [1.29, 1.82) is 0 Å². The highest BCUT2D eigenvalue weighted by molar-refractivity contribution is 7.99. The van der Waals surface area contributed by atoms with Gasteiger partial charge in [0.15, 0.2) is 11.5 Å². The van der Waals surface area contributed by atoms with Crippen LogP contribution in [0.1, 0.15) is 25.0 Å². The predicted octanol–water partition coefficient (Wildman–Crippen LogP) is 2.45. The first-order chi connectivity index (χ1) is 15.2. The molecule has 0 aromatic heterocycles. The van der Waals surface area contributed by atoms with E-state index < -0.39 is 34.2 Å². The standard InChI is InChI=1S/C22H23FN2O6S/c1-4-31-18-10-5-15(11-19(18)30-3)12-24-20(26)13-25-22(27)14(2)21(32(25,28)29)16-6-8-17(23)9-7-16/h5-11H,4,12-13H2,1-3H3,(H,24,26). The Hall–Kier alpha value is -3.40. The lowest BCUT2D eigenvalue weighted by Crippen LogP contribution is -2.40. The molecule has 2 aromatic carbocycles. The second-order valence-corrected chi connectivity index (χ2v) is 8.77. The Bertz CT molecular complexity index is 1180. The minimum atomic E-state index is -4.25. The van der Waals surface area contributed by atoms with Gasteiger partial charge in [0.2, 0.25) is 5.91 Å². The van der Waals surface area contributed by atoms with Gasteiger partial charge >= 0.3 is 0 Å². The second kappa shape index (κ2) is 9.39. The van der Waals surface area contributed by atoms with Crippen molar-refractivity contribution in [2.45, 2.75) is 20.4 Å². The first-order valence-electron chi connectivity index (χ1n) is 9.79. The molecule has 2 amide bonds. The first-order valence-corrected chi connectivity index (χ1v) is 11.2. The maximum Gasteiger partial charge on any atom is 0.268 e. The highest BCUT2D eigenvalue weighted by Gasteiger charge is 2.43. The molecule has 2 aromatic rings. The summed E-state index contributed by atoms with van der Waals surface area (Å²) in [4.78, 5) is 24.8. The van der Waals surface area contributed by atoms with Crippen LogP contribution in [-0.2, 0) is 26.2 Å². The van der Waals surface area contributed by atoms with Gasteiger partial charge < -0.3 is 14.8 Å². The molecular weight excluding hydrogens is 439 g/mol. The van der Waals surface area contributed by atoms with E-state index in [0.29, 0.717) is 28.0 Å².